The van der Waals surface area contributed by atoms with Crippen LogP contribution in [0.15, 0.2) is 0 Å². The Morgan fingerprint density at radius 1 is 1.06 bits per heavy atom. The molecule has 0 amide bonds. The number of ether oxygens (including phenoxy) is 1. The second kappa shape index (κ2) is 10.6. The zero-order valence-electron chi connectivity index (χ0n) is 11.0. The SMILES string of the molecule is CC(C)OC(=O)CCCCCCCCB(O)O. The summed E-state index contributed by atoms with van der Waals surface area (Å²) < 4.78 is 5.03. The van der Waals surface area contributed by atoms with Crippen LogP contribution in [0.1, 0.15) is 58.8 Å². The van der Waals surface area contributed by atoms with Crippen molar-refractivity contribution in [1.29, 1.82) is 0 Å². The van der Waals surface area contributed by atoms with Crippen LogP contribution < -0.4 is 0 Å². The minimum Gasteiger partial charge on any atom is -0.463 e. The van der Waals surface area contributed by atoms with Crippen LogP contribution in [-0.4, -0.2) is 29.2 Å². The average Bonchev–Trinajstić information content (AvgIpc) is 2.20. The van der Waals surface area contributed by atoms with E-state index in [1.165, 1.54) is 0 Å². The molecular formula is C12H25BO4. The van der Waals surface area contributed by atoms with E-state index in [0.29, 0.717) is 12.7 Å². The van der Waals surface area contributed by atoms with Gasteiger partial charge in [-0.05, 0) is 26.6 Å². The molecule has 0 aromatic carbocycles. The molecule has 0 bridgehead atoms. The lowest BCUT2D eigenvalue weighted by atomic mass is 9.83. The summed E-state index contributed by atoms with van der Waals surface area (Å²) >= 11 is 0. The lowest BCUT2D eigenvalue weighted by Crippen LogP contribution is -2.10. The van der Waals surface area contributed by atoms with Crippen LogP contribution in [0.2, 0.25) is 6.32 Å². The molecule has 0 atom stereocenters. The summed E-state index contributed by atoms with van der Waals surface area (Å²) in [6.07, 6.45) is 6.92. The summed E-state index contributed by atoms with van der Waals surface area (Å²) in [5.41, 5.74) is 0. The van der Waals surface area contributed by atoms with E-state index in [-0.39, 0.29) is 12.1 Å². The smallest absolute Gasteiger partial charge is 0.451 e. The summed E-state index contributed by atoms with van der Waals surface area (Å²) in [7, 11) is -1.17. The van der Waals surface area contributed by atoms with E-state index in [2.05, 4.69) is 0 Å². The summed E-state index contributed by atoms with van der Waals surface area (Å²) in [6, 6.07) is 0. The van der Waals surface area contributed by atoms with Crippen molar-refractivity contribution in [3.8, 4) is 0 Å². The topological polar surface area (TPSA) is 66.8 Å². The molecule has 0 heterocycles. The number of carbonyl (C=O) groups is 1. The molecule has 0 aromatic heterocycles. The van der Waals surface area contributed by atoms with Gasteiger partial charge in [0.25, 0.3) is 0 Å². The Bertz CT molecular complexity index is 195. The molecule has 17 heavy (non-hydrogen) atoms. The number of hydrogen-bond acceptors (Lipinski definition) is 4. The van der Waals surface area contributed by atoms with Gasteiger partial charge < -0.3 is 14.8 Å². The van der Waals surface area contributed by atoms with Crippen molar-refractivity contribution in [2.75, 3.05) is 0 Å². The molecule has 0 radical (unpaired) electrons. The van der Waals surface area contributed by atoms with Crippen molar-refractivity contribution >= 4 is 13.1 Å². The molecule has 0 aliphatic heterocycles. The third kappa shape index (κ3) is 13.4. The third-order valence-corrected chi connectivity index (χ3v) is 2.46. The Morgan fingerprint density at radius 2 is 1.59 bits per heavy atom. The maximum absolute atomic E-state index is 11.2. The molecule has 0 aliphatic rings. The van der Waals surface area contributed by atoms with Gasteiger partial charge in [-0.15, -0.1) is 0 Å². The molecule has 2 N–H and O–H groups in total. The monoisotopic (exact) mass is 244 g/mol. The molecule has 0 unspecified atom stereocenters. The fourth-order valence-electron chi connectivity index (χ4n) is 1.63. The molecule has 0 saturated carbocycles. The molecule has 5 heteroatoms. The van der Waals surface area contributed by atoms with E-state index in [9.17, 15) is 4.79 Å². The second-order valence-electron chi connectivity index (χ2n) is 4.68. The Hall–Kier alpha value is -0.545. The molecule has 0 fully saturated rings. The van der Waals surface area contributed by atoms with Gasteiger partial charge in [-0.2, -0.15) is 0 Å². The second-order valence-corrected chi connectivity index (χ2v) is 4.68. The van der Waals surface area contributed by atoms with Gasteiger partial charge in [0.15, 0.2) is 0 Å². The molecule has 0 rings (SSSR count). The van der Waals surface area contributed by atoms with Crippen LogP contribution in [0, 0.1) is 0 Å². The van der Waals surface area contributed by atoms with Crippen molar-refractivity contribution in [3.63, 3.8) is 0 Å². The van der Waals surface area contributed by atoms with Crippen molar-refractivity contribution in [2.24, 2.45) is 0 Å². The van der Waals surface area contributed by atoms with Crippen LogP contribution in [0.3, 0.4) is 0 Å². The van der Waals surface area contributed by atoms with E-state index in [1.54, 1.807) is 0 Å². The minimum atomic E-state index is -1.17. The minimum absolute atomic E-state index is 0.0209. The Kier molecular flexibility index (Phi) is 10.3. The van der Waals surface area contributed by atoms with Gasteiger partial charge >= 0.3 is 13.1 Å². The van der Waals surface area contributed by atoms with Crippen molar-refractivity contribution < 1.29 is 19.6 Å². The van der Waals surface area contributed by atoms with E-state index in [1.807, 2.05) is 13.8 Å². The first kappa shape index (κ1) is 16.5. The van der Waals surface area contributed by atoms with E-state index >= 15 is 0 Å². The van der Waals surface area contributed by atoms with Gasteiger partial charge in [0, 0.05) is 6.42 Å². The van der Waals surface area contributed by atoms with Crippen LogP contribution in [-0.2, 0) is 9.53 Å². The van der Waals surface area contributed by atoms with Gasteiger partial charge in [-0.1, -0.05) is 32.1 Å². The van der Waals surface area contributed by atoms with Crippen LogP contribution >= 0.6 is 0 Å². The zero-order valence-corrected chi connectivity index (χ0v) is 11.0. The number of unbranched alkanes of at least 4 members (excludes halogenated alkanes) is 5. The Balaban J connectivity index is 3.16. The van der Waals surface area contributed by atoms with Gasteiger partial charge in [-0.3, -0.25) is 4.79 Å². The molecule has 0 saturated heterocycles. The fourth-order valence-corrected chi connectivity index (χ4v) is 1.63. The normalized spacial score (nSPS) is 10.6. The van der Waals surface area contributed by atoms with Crippen molar-refractivity contribution in [2.45, 2.75) is 71.2 Å². The number of carbonyl (C=O) groups excluding carboxylic acids is 1. The van der Waals surface area contributed by atoms with Crippen LogP contribution in [0.4, 0.5) is 0 Å². The van der Waals surface area contributed by atoms with E-state index < -0.39 is 7.12 Å². The lowest BCUT2D eigenvalue weighted by Gasteiger charge is -2.07. The average molecular weight is 244 g/mol. The number of hydrogen-bond donors (Lipinski definition) is 2. The van der Waals surface area contributed by atoms with Gasteiger partial charge in [0.05, 0.1) is 6.10 Å². The van der Waals surface area contributed by atoms with E-state index in [4.69, 9.17) is 14.8 Å². The molecule has 0 spiro atoms. The summed E-state index contributed by atoms with van der Waals surface area (Å²) in [5, 5.41) is 17.3. The highest BCUT2D eigenvalue weighted by molar-refractivity contribution is 6.40. The van der Waals surface area contributed by atoms with Crippen molar-refractivity contribution in [1.82, 2.24) is 0 Å². The Morgan fingerprint density at radius 3 is 2.12 bits per heavy atom. The highest BCUT2D eigenvalue weighted by atomic mass is 16.5. The lowest BCUT2D eigenvalue weighted by molar-refractivity contribution is -0.147. The first-order valence-electron chi connectivity index (χ1n) is 6.58. The zero-order chi connectivity index (χ0) is 13.1. The summed E-state index contributed by atoms with van der Waals surface area (Å²) in [6.45, 7) is 3.71. The third-order valence-electron chi connectivity index (χ3n) is 2.46. The molecule has 0 aromatic rings. The molecule has 4 nitrogen and oxygen atoms in total. The maximum atomic E-state index is 11.2. The quantitative estimate of drug-likeness (QED) is 0.351. The van der Waals surface area contributed by atoms with Crippen LogP contribution in [0.5, 0.6) is 0 Å². The number of esters is 1. The Labute approximate surface area is 105 Å². The summed E-state index contributed by atoms with van der Waals surface area (Å²) in [4.78, 5) is 11.2. The van der Waals surface area contributed by atoms with Crippen molar-refractivity contribution in [3.05, 3.63) is 0 Å². The predicted octanol–water partition coefficient (Wildman–Crippen LogP) is 2.14. The highest BCUT2D eigenvalue weighted by Crippen LogP contribution is 2.10. The first-order chi connectivity index (χ1) is 8.02. The van der Waals surface area contributed by atoms with Crippen LogP contribution in [0.25, 0.3) is 0 Å². The number of rotatable bonds is 10. The highest BCUT2D eigenvalue weighted by Gasteiger charge is 2.06. The van der Waals surface area contributed by atoms with Gasteiger partial charge in [0.1, 0.15) is 0 Å². The summed E-state index contributed by atoms with van der Waals surface area (Å²) in [5.74, 6) is -0.108. The predicted molar refractivity (Wildman–Crippen MR) is 68.5 cm³/mol. The van der Waals surface area contributed by atoms with Gasteiger partial charge in [0.2, 0.25) is 0 Å². The standard InChI is InChI=1S/C12H25BO4/c1-11(2)17-12(14)9-7-5-3-4-6-8-10-13(15)16/h11,15-16H,3-10H2,1-2H3. The largest absolute Gasteiger partial charge is 0.463 e. The first-order valence-corrected chi connectivity index (χ1v) is 6.58. The maximum Gasteiger partial charge on any atom is 0.451 e. The molecular weight excluding hydrogens is 219 g/mol. The van der Waals surface area contributed by atoms with E-state index in [0.717, 1.165) is 38.5 Å². The van der Waals surface area contributed by atoms with Gasteiger partial charge in [-0.25, -0.2) is 0 Å². The fraction of sp³-hybridized carbons (Fsp3) is 0.917. The molecule has 0 aliphatic carbocycles. The molecule has 100 valence electrons.